The summed E-state index contributed by atoms with van der Waals surface area (Å²) in [5, 5.41) is 2.40. The molecule has 0 unspecified atom stereocenters. The summed E-state index contributed by atoms with van der Waals surface area (Å²) < 4.78 is 39.2. The van der Waals surface area contributed by atoms with Gasteiger partial charge in [0.05, 0.1) is 5.02 Å². The Balaban J connectivity index is 1.58. The average molecular weight is 405 g/mol. The van der Waals surface area contributed by atoms with E-state index in [1.54, 1.807) is 0 Å². The Kier molecular flexibility index (Phi) is 4.84. The van der Waals surface area contributed by atoms with E-state index in [4.69, 9.17) is 27.9 Å². The highest BCUT2D eigenvalue weighted by Crippen LogP contribution is 2.42. The van der Waals surface area contributed by atoms with Crippen molar-refractivity contribution in [2.75, 3.05) is 11.9 Å². The molecule has 1 aliphatic heterocycles. The molecular formula is C15H8Cl2F2N2O5. The minimum atomic E-state index is -3.76. The first kappa shape index (κ1) is 18.2. The van der Waals surface area contributed by atoms with Gasteiger partial charge in [-0.15, -0.1) is 8.78 Å². The molecule has 0 fully saturated rings. The van der Waals surface area contributed by atoms with Gasteiger partial charge in [0.25, 0.3) is 5.91 Å². The molecule has 0 spiro atoms. The van der Waals surface area contributed by atoms with E-state index in [0.29, 0.717) is 0 Å². The van der Waals surface area contributed by atoms with Crippen LogP contribution in [0.2, 0.25) is 10.2 Å². The first-order chi connectivity index (χ1) is 12.2. The zero-order chi connectivity index (χ0) is 18.9. The molecule has 1 aromatic carbocycles. The number of fused-ring (bicyclic) bond motifs is 1. The van der Waals surface area contributed by atoms with Crippen LogP contribution in [0.5, 0.6) is 11.5 Å². The van der Waals surface area contributed by atoms with E-state index < -0.39 is 24.8 Å². The molecule has 1 aliphatic rings. The third-order valence-corrected chi connectivity index (χ3v) is 3.54. The lowest BCUT2D eigenvalue weighted by Gasteiger charge is -2.07. The molecule has 0 saturated carbocycles. The van der Waals surface area contributed by atoms with Crippen LogP contribution in [0.25, 0.3) is 0 Å². The standard InChI is InChI=1S/C15H8Cl2F2N2O5/c16-8-2-4-11(17)21-13(8)14(23)24-6-12(22)20-7-1-3-9-10(5-7)26-15(18,19)25-9/h1-5H,6H2,(H,20,22). The SMILES string of the molecule is O=C(COC(=O)c1nc(Cl)ccc1Cl)Nc1ccc2c(c1)OC(F)(F)O2. The van der Waals surface area contributed by atoms with Crippen LogP contribution in [-0.2, 0) is 9.53 Å². The number of amides is 1. The molecule has 26 heavy (non-hydrogen) atoms. The number of alkyl halides is 2. The molecule has 0 saturated heterocycles. The fourth-order valence-electron chi connectivity index (χ4n) is 1.98. The number of esters is 1. The number of anilines is 1. The van der Waals surface area contributed by atoms with Crippen molar-refractivity contribution in [3.05, 3.63) is 46.2 Å². The summed E-state index contributed by atoms with van der Waals surface area (Å²) in [5.41, 5.74) is -0.0951. The first-order valence-corrected chi connectivity index (χ1v) is 7.68. The number of carbonyl (C=O) groups is 2. The number of nitrogens with one attached hydrogen (secondary N) is 1. The van der Waals surface area contributed by atoms with Gasteiger partial charge in [-0.1, -0.05) is 23.2 Å². The first-order valence-electron chi connectivity index (χ1n) is 6.92. The Hall–Kier alpha value is -2.65. The van der Waals surface area contributed by atoms with Crippen LogP contribution in [0.4, 0.5) is 14.5 Å². The summed E-state index contributed by atoms with van der Waals surface area (Å²) in [6.45, 7) is -0.659. The summed E-state index contributed by atoms with van der Waals surface area (Å²) in [6, 6.07) is 6.41. The number of rotatable bonds is 4. The van der Waals surface area contributed by atoms with Crippen LogP contribution < -0.4 is 14.8 Å². The lowest BCUT2D eigenvalue weighted by molar-refractivity contribution is -0.286. The predicted molar refractivity (Wildman–Crippen MR) is 85.8 cm³/mol. The summed E-state index contributed by atoms with van der Waals surface area (Å²) in [7, 11) is 0. The molecular weight excluding hydrogens is 397 g/mol. The van der Waals surface area contributed by atoms with Crippen LogP contribution in [0.15, 0.2) is 30.3 Å². The molecule has 11 heteroatoms. The number of ether oxygens (including phenoxy) is 3. The summed E-state index contributed by atoms with van der Waals surface area (Å²) in [6.07, 6.45) is -3.76. The van der Waals surface area contributed by atoms with Crippen LogP contribution >= 0.6 is 23.2 Å². The van der Waals surface area contributed by atoms with Gasteiger partial charge in [0.2, 0.25) is 0 Å². The molecule has 1 N–H and O–H groups in total. The highest BCUT2D eigenvalue weighted by molar-refractivity contribution is 6.34. The van der Waals surface area contributed by atoms with Crippen molar-refractivity contribution in [1.82, 2.24) is 4.98 Å². The van der Waals surface area contributed by atoms with E-state index in [-0.39, 0.29) is 33.1 Å². The van der Waals surface area contributed by atoms with Gasteiger partial charge in [-0.25, -0.2) is 9.78 Å². The maximum Gasteiger partial charge on any atom is 0.586 e. The van der Waals surface area contributed by atoms with Crippen molar-refractivity contribution in [3.63, 3.8) is 0 Å². The number of benzene rings is 1. The zero-order valence-electron chi connectivity index (χ0n) is 12.6. The van der Waals surface area contributed by atoms with Gasteiger partial charge in [-0.05, 0) is 24.3 Å². The molecule has 0 aliphatic carbocycles. The summed E-state index contributed by atoms with van der Waals surface area (Å²) in [4.78, 5) is 27.4. The van der Waals surface area contributed by atoms with Crippen molar-refractivity contribution in [2.45, 2.75) is 6.29 Å². The monoisotopic (exact) mass is 404 g/mol. The number of hydrogen-bond donors (Lipinski definition) is 1. The van der Waals surface area contributed by atoms with Crippen molar-refractivity contribution < 1.29 is 32.6 Å². The predicted octanol–water partition coefficient (Wildman–Crippen LogP) is 3.51. The maximum atomic E-state index is 12.9. The van der Waals surface area contributed by atoms with E-state index in [2.05, 4.69) is 19.8 Å². The highest BCUT2D eigenvalue weighted by atomic mass is 35.5. The van der Waals surface area contributed by atoms with Gasteiger partial charge < -0.3 is 19.5 Å². The lowest BCUT2D eigenvalue weighted by atomic mass is 10.3. The Morgan fingerprint density at radius 3 is 2.65 bits per heavy atom. The average Bonchev–Trinajstić information content (AvgIpc) is 2.88. The van der Waals surface area contributed by atoms with Crippen LogP contribution in [-0.4, -0.2) is 29.8 Å². The minimum Gasteiger partial charge on any atom is -0.451 e. The second-order valence-electron chi connectivity index (χ2n) is 4.92. The van der Waals surface area contributed by atoms with E-state index in [1.165, 1.54) is 24.3 Å². The number of carbonyl (C=O) groups excluding carboxylic acids is 2. The van der Waals surface area contributed by atoms with Gasteiger partial charge in [0.1, 0.15) is 5.15 Å². The molecule has 3 rings (SSSR count). The van der Waals surface area contributed by atoms with E-state index in [1.807, 2.05) is 0 Å². The smallest absolute Gasteiger partial charge is 0.451 e. The van der Waals surface area contributed by atoms with Crippen LogP contribution in [0, 0.1) is 0 Å². The minimum absolute atomic E-state index is 0.0107. The molecule has 0 bridgehead atoms. The number of hydrogen-bond acceptors (Lipinski definition) is 6. The van der Waals surface area contributed by atoms with Crippen molar-refractivity contribution in [3.8, 4) is 11.5 Å². The second kappa shape index (κ2) is 6.93. The largest absolute Gasteiger partial charge is 0.586 e. The van der Waals surface area contributed by atoms with Crippen molar-refractivity contribution in [1.29, 1.82) is 0 Å². The Morgan fingerprint density at radius 2 is 1.88 bits per heavy atom. The number of aromatic nitrogens is 1. The molecule has 0 atom stereocenters. The molecule has 2 heterocycles. The van der Waals surface area contributed by atoms with Gasteiger partial charge in [-0.2, -0.15) is 0 Å². The van der Waals surface area contributed by atoms with Crippen LogP contribution in [0.3, 0.4) is 0 Å². The van der Waals surface area contributed by atoms with Crippen LogP contribution in [0.1, 0.15) is 10.5 Å². The molecule has 2 aromatic rings. The molecule has 1 amide bonds. The van der Waals surface area contributed by atoms with Crippen molar-refractivity contribution in [2.24, 2.45) is 0 Å². The maximum absolute atomic E-state index is 12.9. The summed E-state index contributed by atoms with van der Waals surface area (Å²) in [5.74, 6) is -2.07. The molecule has 0 radical (unpaired) electrons. The highest BCUT2D eigenvalue weighted by Gasteiger charge is 2.43. The number of nitrogens with zero attached hydrogens (tertiary/aromatic N) is 1. The van der Waals surface area contributed by atoms with E-state index >= 15 is 0 Å². The zero-order valence-corrected chi connectivity index (χ0v) is 14.1. The fourth-order valence-corrected chi connectivity index (χ4v) is 2.31. The fraction of sp³-hybridized carbons (Fsp3) is 0.133. The quantitative estimate of drug-likeness (QED) is 0.619. The summed E-state index contributed by atoms with van der Waals surface area (Å²) >= 11 is 11.5. The van der Waals surface area contributed by atoms with Gasteiger partial charge in [-0.3, -0.25) is 4.79 Å². The molecule has 136 valence electrons. The van der Waals surface area contributed by atoms with Gasteiger partial charge in [0, 0.05) is 11.8 Å². The third kappa shape index (κ3) is 4.12. The Morgan fingerprint density at radius 1 is 1.15 bits per heavy atom. The number of halogens is 4. The number of pyridine rings is 1. The molecule has 1 aromatic heterocycles. The van der Waals surface area contributed by atoms with Crippen molar-refractivity contribution >= 4 is 40.8 Å². The Labute approximate surface area is 154 Å². The Bertz CT molecular complexity index is 894. The van der Waals surface area contributed by atoms with Gasteiger partial charge >= 0.3 is 12.3 Å². The topological polar surface area (TPSA) is 86.8 Å². The lowest BCUT2D eigenvalue weighted by Crippen LogP contribution is -2.25. The van der Waals surface area contributed by atoms with E-state index in [0.717, 1.165) is 6.07 Å². The third-order valence-electron chi connectivity index (χ3n) is 3.02. The molecule has 7 nitrogen and oxygen atoms in total. The normalized spacial score (nSPS) is 14.0. The van der Waals surface area contributed by atoms with Gasteiger partial charge in [0.15, 0.2) is 23.8 Å². The second-order valence-corrected chi connectivity index (χ2v) is 5.71. The van der Waals surface area contributed by atoms with E-state index in [9.17, 15) is 18.4 Å².